The number of methoxy groups -OCH3 is 1. The summed E-state index contributed by atoms with van der Waals surface area (Å²) >= 11 is 0. The average molecular weight is 360 g/mol. The summed E-state index contributed by atoms with van der Waals surface area (Å²) in [4.78, 5) is 11.3. The fourth-order valence-electron chi connectivity index (χ4n) is 3.50. The Labute approximate surface area is 156 Å². The number of nitrogens with zero attached hydrogens (tertiary/aromatic N) is 1. The topological polar surface area (TPSA) is 63.5 Å². The number of benzene rings is 3. The zero-order valence-electron chi connectivity index (χ0n) is 15.0. The molecule has 5 heteroatoms. The van der Waals surface area contributed by atoms with Gasteiger partial charge in [0, 0.05) is 23.5 Å². The normalized spacial score (nSPS) is 11.0. The third-order valence-corrected chi connectivity index (χ3v) is 4.76. The lowest BCUT2D eigenvalue weighted by atomic mass is 10.1. The fourth-order valence-corrected chi connectivity index (χ4v) is 3.50. The third kappa shape index (κ3) is 3.08. The van der Waals surface area contributed by atoms with Gasteiger partial charge in [-0.15, -0.1) is 0 Å². The number of rotatable bonds is 4. The smallest absolute Gasteiger partial charge is 0.406 e. The molecule has 0 unspecified atom stereocenters. The molecule has 0 spiro atoms. The highest BCUT2D eigenvalue weighted by molar-refractivity contribution is 5.96. The summed E-state index contributed by atoms with van der Waals surface area (Å²) in [5.41, 5.74) is 2.86. The summed E-state index contributed by atoms with van der Waals surface area (Å²) in [6.45, 7) is 0.474. The number of para-hydroxylation sites is 1. The largest absolute Gasteiger partial charge is 0.506 e. The summed E-state index contributed by atoms with van der Waals surface area (Å²) < 4.78 is 6.65. The molecule has 5 nitrogen and oxygen atoms in total. The van der Waals surface area contributed by atoms with Gasteiger partial charge in [-0.25, -0.2) is 4.79 Å². The van der Waals surface area contributed by atoms with Crippen LogP contribution in [0.3, 0.4) is 0 Å². The number of aromatic hydroxyl groups is 1. The Balaban J connectivity index is 1.84. The minimum atomic E-state index is -0.439. The molecule has 0 fully saturated rings. The van der Waals surface area contributed by atoms with Gasteiger partial charge < -0.3 is 19.7 Å². The highest BCUT2D eigenvalue weighted by Crippen LogP contribution is 2.34. The predicted molar refractivity (Wildman–Crippen MR) is 107 cm³/mol. The van der Waals surface area contributed by atoms with E-state index >= 15 is 0 Å². The van der Waals surface area contributed by atoms with Crippen molar-refractivity contribution in [3.05, 3.63) is 72.4 Å². The number of hydrogen-bond acceptors (Lipinski definition) is 3. The monoisotopic (exact) mass is 360 g/mol. The maximum absolute atomic E-state index is 11.3. The van der Waals surface area contributed by atoms with Crippen molar-refractivity contribution >= 4 is 27.8 Å². The van der Waals surface area contributed by atoms with Gasteiger partial charge in [0.1, 0.15) is 5.75 Å². The van der Waals surface area contributed by atoms with E-state index in [0.717, 1.165) is 32.9 Å². The first-order valence-corrected chi connectivity index (χ1v) is 8.81. The number of hydrogen-bond donors (Lipinski definition) is 2. The lowest BCUT2D eigenvalue weighted by Gasteiger charge is -2.11. The number of phenols is 1. The average Bonchev–Trinajstić information content (AvgIpc) is 3.06. The van der Waals surface area contributed by atoms with Gasteiger partial charge in [-0.2, -0.15) is 0 Å². The molecular weight excluding hydrogens is 340 g/mol. The van der Waals surface area contributed by atoms with E-state index in [4.69, 9.17) is 0 Å². The van der Waals surface area contributed by atoms with Crippen LogP contribution >= 0.6 is 0 Å². The Morgan fingerprint density at radius 1 is 1.04 bits per heavy atom. The first kappa shape index (κ1) is 17.0. The van der Waals surface area contributed by atoms with Crippen LogP contribution in [0.5, 0.6) is 5.75 Å². The lowest BCUT2D eigenvalue weighted by molar-refractivity contribution is 0.171. The van der Waals surface area contributed by atoms with Crippen molar-refractivity contribution in [2.45, 2.75) is 6.42 Å². The third-order valence-electron chi connectivity index (χ3n) is 4.76. The number of phenolic OH excluding ortho intramolecular Hbond substituents is 1. The molecule has 136 valence electrons. The molecule has 27 heavy (non-hydrogen) atoms. The zero-order valence-corrected chi connectivity index (χ0v) is 15.0. The van der Waals surface area contributed by atoms with Crippen LogP contribution in [-0.2, 0) is 11.2 Å². The maximum atomic E-state index is 11.3. The van der Waals surface area contributed by atoms with Crippen molar-refractivity contribution in [1.29, 1.82) is 0 Å². The van der Waals surface area contributed by atoms with Crippen molar-refractivity contribution < 1.29 is 14.6 Å². The number of carbonyl (C=O) groups is 1. The number of nitrogens with one attached hydrogen (secondary N) is 1. The molecule has 0 aliphatic rings. The van der Waals surface area contributed by atoms with Crippen molar-refractivity contribution in [1.82, 2.24) is 9.88 Å². The highest BCUT2D eigenvalue weighted by atomic mass is 16.5. The van der Waals surface area contributed by atoms with Crippen LogP contribution in [0.1, 0.15) is 5.56 Å². The Morgan fingerprint density at radius 2 is 1.78 bits per heavy atom. The van der Waals surface area contributed by atoms with E-state index in [1.54, 1.807) is 6.07 Å². The van der Waals surface area contributed by atoms with E-state index in [1.165, 1.54) is 7.11 Å². The molecule has 2 N–H and O–H groups in total. The van der Waals surface area contributed by atoms with E-state index in [0.29, 0.717) is 13.0 Å². The first-order chi connectivity index (χ1) is 13.2. The van der Waals surface area contributed by atoms with Gasteiger partial charge in [-0.3, -0.25) is 0 Å². The maximum Gasteiger partial charge on any atom is 0.406 e. The number of amides is 1. The number of alkyl carbamates (subject to hydrolysis) is 1. The second kappa shape index (κ2) is 7.03. The van der Waals surface area contributed by atoms with Gasteiger partial charge in [-0.05, 0) is 29.5 Å². The van der Waals surface area contributed by atoms with Gasteiger partial charge in [0.15, 0.2) is 0 Å². The molecule has 1 heterocycles. The molecule has 0 saturated heterocycles. The van der Waals surface area contributed by atoms with Crippen molar-refractivity contribution in [3.8, 4) is 11.4 Å². The van der Waals surface area contributed by atoms with E-state index in [-0.39, 0.29) is 5.75 Å². The second-order valence-corrected chi connectivity index (χ2v) is 6.36. The van der Waals surface area contributed by atoms with Crippen LogP contribution in [-0.4, -0.2) is 29.4 Å². The van der Waals surface area contributed by atoms with Crippen LogP contribution in [0.2, 0.25) is 0 Å². The standard InChI is InChI=1S/C22H20N2O3/c1-27-22(26)23-13-12-16-14-24(19-9-5-4-7-17(16)19)21-18-8-3-2-6-15(18)10-11-20(21)25/h2-11,14,25H,12-13H2,1H3,(H,23,26). The molecule has 0 aliphatic carbocycles. The van der Waals surface area contributed by atoms with E-state index in [1.807, 2.05) is 59.3 Å². The molecule has 0 bridgehead atoms. The molecule has 0 saturated carbocycles. The van der Waals surface area contributed by atoms with Gasteiger partial charge in [-0.1, -0.05) is 48.5 Å². The summed E-state index contributed by atoms with van der Waals surface area (Å²) in [6.07, 6.45) is 2.25. The van der Waals surface area contributed by atoms with Gasteiger partial charge in [0.2, 0.25) is 0 Å². The molecule has 1 amide bonds. The Hall–Kier alpha value is -3.47. The number of carbonyl (C=O) groups excluding carboxylic acids is 1. The Bertz CT molecular complexity index is 1130. The quantitative estimate of drug-likeness (QED) is 0.567. The van der Waals surface area contributed by atoms with Crippen LogP contribution < -0.4 is 5.32 Å². The van der Waals surface area contributed by atoms with Crippen LogP contribution in [0, 0.1) is 0 Å². The predicted octanol–water partition coefficient (Wildman–Crippen LogP) is 4.39. The fraction of sp³-hybridized carbons (Fsp3) is 0.136. The van der Waals surface area contributed by atoms with E-state index in [2.05, 4.69) is 16.1 Å². The summed E-state index contributed by atoms with van der Waals surface area (Å²) in [5.74, 6) is 0.230. The molecule has 0 atom stereocenters. The molecule has 4 aromatic rings. The summed E-state index contributed by atoms with van der Waals surface area (Å²) in [7, 11) is 1.35. The minimum absolute atomic E-state index is 0.230. The van der Waals surface area contributed by atoms with E-state index < -0.39 is 6.09 Å². The molecule has 0 radical (unpaired) electrons. The van der Waals surface area contributed by atoms with Gasteiger partial charge in [0.25, 0.3) is 0 Å². The summed E-state index contributed by atoms with van der Waals surface area (Å²) in [5, 5.41) is 16.5. The molecule has 1 aromatic heterocycles. The van der Waals surface area contributed by atoms with Gasteiger partial charge >= 0.3 is 6.09 Å². The Morgan fingerprint density at radius 3 is 2.59 bits per heavy atom. The molecular formula is C22H20N2O3. The molecule has 0 aliphatic heterocycles. The Kier molecular flexibility index (Phi) is 4.42. The second-order valence-electron chi connectivity index (χ2n) is 6.36. The van der Waals surface area contributed by atoms with Crippen LogP contribution in [0.4, 0.5) is 4.79 Å². The molecule has 4 rings (SSSR count). The van der Waals surface area contributed by atoms with E-state index in [9.17, 15) is 9.90 Å². The number of aromatic nitrogens is 1. The number of fused-ring (bicyclic) bond motifs is 2. The summed E-state index contributed by atoms with van der Waals surface area (Å²) in [6, 6.07) is 19.7. The zero-order chi connectivity index (χ0) is 18.8. The minimum Gasteiger partial charge on any atom is -0.506 e. The van der Waals surface area contributed by atoms with Gasteiger partial charge in [0.05, 0.1) is 18.3 Å². The first-order valence-electron chi connectivity index (χ1n) is 8.81. The SMILES string of the molecule is COC(=O)NCCc1cn(-c2c(O)ccc3ccccc23)c2ccccc12. The van der Waals surface area contributed by atoms with Crippen LogP contribution in [0.25, 0.3) is 27.4 Å². The van der Waals surface area contributed by atoms with Crippen LogP contribution in [0.15, 0.2) is 66.9 Å². The number of ether oxygens (including phenoxy) is 1. The van der Waals surface area contributed by atoms with Crippen molar-refractivity contribution in [3.63, 3.8) is 0 Å². The molecule has 3 aromatic carbocycles. The van der Waals surface area contributed by atoms with Crippen molar-refractivity contribution in [2.75, 3.05) is 13.7 Å². The van der Waals surface area contributed by atoms with Crippen molar-refractivity contribution in [2.24, 2.45) is 0 Å². The lowest BCUT2D eigenvalue weighted by Crippen LogP contribution is -2.25. The highest BCUT2D eigenvalue weighted by Gasteiger charge is 2.15.